The van der Waals surface area contributed by atoms with Crippen molar-refractivity contribution in [2.75, 3.05) is 33.3 Å². The molecule has 0 bridgehead atoms. The molecule has 3 heteroatoms. The predicted octanol–water partition coefficient (Wildman–Crippen LogP) is 1.71. The highest BCUT2D eigenvalue weighted by Crippen LogP contribution is 2.08. The number of aliphatic hydroxyl groups excluding tert-OH is 1. The number of rotatable bonds is 9. The van der Waals surface area contributed by atoms with E-state index in [2.05, 4.69) is 45.0 Å². The van der Waals surface area contributed by atoms with Gasteiger partial charge >= 0.3 is 0 Å². The molecule has 0 heterocycles. The number of hydrogen-bond acceptors (Lipinski definition) is 3. The lowest BCUT2D eigenvalue weighted by atomic mass is 10.0. The highest BCUT2D eigenvalue weighted by molar-refractivity contribution is 4.85. The molecule has 0 aliphatic heterocycles. The summed E-state index contributed by atoms with van der Waals surface area (Å²) in [4.78, 5) is 2.31. The Balaban J connectivity index is 4.08. The Hall–Kier alpha value is -0.120. The van der Waals surface area contributed by atoms with Crippen molar-refractivity contribution >= 4 is 0 Å². The third kappa shape index (κ3) is 6.46. The summed E-state index contributed by atoms with van der Waals surface area (Å²) in [5, 5.41) is 12.9. The van der Waals surface area contributed by atoms with Crippen LogP contribution >= 0.6 is 0 Å². The lowest BCUT2D eigenvalue weighted by Gasteiger charge is -2.34. The summed E-state index contributed by atoms with van der Waals surface area (Å²) >= 11 is 0. The van der Waals surface area contributed by atoms with Crippen LogP contribution < -0.4 is 5.32 Å². The van der Waals surface area contributed by atoms with Gasteiger partial charge in [0.2, 0.25) is 0 Å². The molecule has 0 rings (SSSR count). The van der Waals surface area contributed by atoms with Gasteiger partial charge in [0, 0.05) is 13.1 Å². The van der Waals surface area contributed by atoms with E-state index >= 15 is 0 Å². The molecule has 2 unspecified atom stereocenters. The van der Waals surface area contributed by atoms with Crippen LogP contribution in [0.2, 0.25) is 0 Å². The number of hydrogen-bond donors (Lipinski definition) is 2. The molecule has 3 nitrogen and oxygen atoms in total. The summed E-state index contributed by atoms with van der Waals surface area (Å²) in [5.41, 5.74) is -0.168. The van der Waals surface area contributed by atoms with E-state index in [0.717, 1.165) is 32.0 Å². The quantitative estimate of drug-likeness (QED) is 0.633. The summed E-state index contributed by atoms with van der Waals surface area (Å²) in [7, 11) is 2.13. The molecular weight excluding hydrogens is 200 g/mol. The van der Waals surface area contributed by atoms with Crippen LogP contribution in [0.3, 0.4) is 0 Å². The van der Waals surface area contributed by atoms with Gasteiger partial charge in [-0.2, -0.15) is 0 Å². The molecule has 0 saturated carbocycles. The van der Waals surface area contributed by atoms with Crippen molar-refractivity contribution < 1.29 is 5.11 Å². The maximum atomic E-state index is 9.46. The van der Waals surface area contributed by atoms with Gasteiger partial charge in [0.1, 0.15) is 0 Å². The first-order valence-corrected chi connectivity index (χ1v) is 6.51. The Kier molecular flexibility index (Phi) is 7.98. The van der Waals surface area contributed by atoms with E-state index in [-0.39, 0.29) is 12.1 Å². The Bertz CT molecular complexity index is 175. The van der Waals surface area contributed by atoms with Gasteiger partial charge in [-0.05, 0) is 32.9 Å². The van der Waals surface area contributed by atoms with Crippen LogP contribution in [0.4, 0.5) is 0 Å². The average molecular weight is 230 g/mol. The minimum Gasteiger partial charge on any atom is -0.394 e. The van der Waals surface area contributed by atoms with E-state index in [4.69, 9.17) is 0 Å². The van der Waals surface area contributed by atoms with Crippen LogP contribution in [0, 0.1) is 5.92 Å². The molecule has 0 aliphatic carbocycles. The molecule has 0 aromatic carbocycles. The second-order valence-corrected chi connectivity index (χ2v) is 5.36. The zero-order valence-corrected chi connectivity index (χ0v) is 11.7. The first-order chi connectivity index (χ1) is 7.47. The topological polar surface area (TPSA) is 35.5 Å². The minimum atomic E-state index is -0.168. The second-order valence-electron chi connectivity index (χ2n) is 5.36. The predicted molar refractivity (Wildman–Crippen MR) is 70.7 cm³/mol. The van der Waals surface area contributed by atoms with E-state index in [0.29, 0.717) is 0 Å². The Morgan fingerprint density at radius 1 is 1.38 bits per heavy atom. The standard InChI is InChI=1S/C13H30N2O/c1-6-8-14-13(4,11-16)10-15(5)9-12(3)7-2/h12,14,16H,6-11H2,1-5H3. The van der Waals surface area contributed by atoms with E-state index in [1.165, 1.54) is 6.42 Å². The van der Waals surface area contributed by atoms with E-state index in [1.807, 2.05) is 0 Å². The minimum absolute atomic E-state index is 0.168. The zero-order chi connectivity index (χ0) is 12.6. The van der Waals surface area contributed by atoms with Crippen molar-refractivity contribution in [1.82, 2.24) is 10.2 Å². The lowest BCUT2D eigenvalue weighted by molar-refractivity contribution is 0.125. The van der Waals surface area contributed by atoms with Crippen LogP contribution in [0.15, 0.2) is 0 Å². The molecule has 0 saturated heterocycles. The maximum Gasteiger partial charge on any atom is 0.0623 e. The van der Waals surface area contributed by atoms with Gasteiger partial charge in [0.15, 0.2) is 0 Å². The third-order valence-corrected chi connectivity index (χ3v) is 3.09. The maximum absolute atomic E-state index is 9.46. The third-order valence-electron chi connectivity index (χ3n) is 3.09. The van der Waals surface area contributed by atoms with Gasteiger partial charge in [-0.3, -0.25) is 0 Å². The molecule has 0 amide bonds. The van der Waals surface area contributed by atoms with Crippen molar-refractivity contribution in [3.8, 4) is 0 Å². The summed E-state index contributed by atoms with van der Waals surface area (Å²) in [6, 6.07) is 0. The van der Waals surface area contributed by atoms with Gasteiger partial charge in [-0.15, -0.1) is 0 Å². The van der Waals surface area contributed by atoms with Crippen molar-refractivity contribution in [3.05, 3.63) is 0 Å². The molecule has 0 fully saturated rings. The number of nitrogens with zero attached hydrogens (tertiary/aromatic N) is 1. The van der Waals surface area contributed by atoms with Gasteiger partial charge in [0.25, 0.3) is 0 Å². The molecule has 0 aromatic rings. The van der Waals surface area contributed by atoms with E-state index < -0.39 is 0 Å². The molecule has 98 valence electrons. The van der Waals surface area contributed by atoms with Crippen LogP contribution in [0.1, 0.15) is 40.5 Å². The largest absolute Gasteiger partial charge is 0.394 e. The molecule has 0 aliphatic rings. The Labute approximate surface area is 101 Å². The number of likely N-dealkylation sites (N-methyl/N-ethyl adjacent to an activating group) is 1. The first-order valence-electron chi connectivity index (χ1n) is 6.51. The van der Waals surface area contributed by atoms with Gasteiger partial charge in [0.05, 0.1) is 12.1 Å². The summed E-state index contributed by atoms with van der Waals surface area (Å²) in [5.74, 6) is 0.721. The number of aliphatic hydroxyl groups is 1. The number of nitrogens with one attached hydrogen (secondary N) is 1. The molecule has 0 aromatic heterocycles. The smallest absolute Gasteiger partial charge is 0.0623 e. The highest BCUT2D eigenvalue weighted by atomic mass is 16.3. The van der Waals surface area contributed by atoms with Crippen LogP contribution in [-0.4, -0.2) is 48.8 Å². The molecular formula is C13H30N2O. The first kappa shape index (κ1) is 15.9. The van der Waals surface area contributed by atoms with Crippen molar-refractivity contribution in [1.29, 1.82) is 0 Å². The van der Waals surface area contributed by atoms with Crippen LogP contribution in [-0.2, 0) is 0 Å². The Morgan fingerprint density at radius 2 is 2.00 bits per heavy atom. The van der Waals surface area contributed by atoms with Gasteiger partial charge in [-0.25, -0.2) is 0 Å². The van der Waals surface area contributed by atoms with Crippen molar-refractivity contribution in [2.24, 2.45) is 5.92 Å². The fourth-order valence-corrected chi connectivity index (χ4v) is 1.91. The molecule has 0 radical (unpaired) electrons. The highest BCUT2D eigenvalue weighted by Gasteiger charge is 2.24. The van der Waals surface area contributed by atoms with E-state index in [1.54, 1.807) is 0 Å². The lowest BCUT2D eigenvalue weighted by Crippen LogP contribution is -2.54. The fraction of sp³-hybridized carbons (Fsp3) is 1.00. The molecule has 16 heavy (non-hydrogen) atoms. The molecule has 2 N–H and O–H groups in total. The van der Waals surface area contributed by atoms with Crippen LogP contribution in [0.25, 0.3) is 0 Å². The Morgan fingerprint density at radius 3 is 2.44 bits per heavy atom. The molecule has 2 atom stereocenters. The summed E-state index contributed by atoms with van der Waals surface area (Å²) in [6.07, 6.45) is 2.31. The van der Waals surface area contributed by atoms with Crippen molar-refractivity contribution in [3.63, 3.8) is 0 Å². The van der Waals surface area contributed by atoms with Crippen molar-refractivity contribution in [2.45, 2.75) is 46.1 Å². The monoisotopic (exact) mass is 230 g/mol. The fourth-order valence-electron chi connectivity index (χ4n) is 1.91. The van der Waals surface area contributed by atoms with Gasteiger partial charge < -0.3 is 15.3 Å². The second kappa shape index (κ2) is 8.04. The summed E-state index contributed by atoms with van der Waals surface area (Å²) < 4.78 is 0. The average Bonchev–Trinajstić information content (AvgIpc) is 2.26. The zero-order valence-electron chi connectivity index (χ0n) is 11.7. The SMILES string of the molecule is CCCNC(C)(CO)CN(C)CC(C)CC. The summed E-state index contributed by atoms with van der Waals surface area (Å²) in [6.45, 7) is 11.9. The molecule has 0 spiro atoms. The van der Waals surface area contributed by atoms with Crippen LogP contribution in [0.5, 0.6) is 0 Å². The normalized spacial score (nSPS) is 17.4. The van der Waals surface area contributed by atoms with E-state index in [9.17, 15) is 5.11 Å². The van der Waals surface area contributed by atoms with Gasteiger partial charge in [-0.1, -0.05) is 27.2 Å².